The number of nitrogens with zero attached hydrogens (tertiary/aromatic N) is 1. The van der Waals surface area contributed by atoms with Crippen molar-refractivity contribution >= 4 is 17.5 Å². The van der Waals surface area contributed by atoms with Gasteiger partial charge in [-0.25, -0.2) is 4.79 Å². The molecule has 2 aliphatic heterocycles. The first-order valence-corrected chi connectivity index (χ1v) is 6.83. The smallest absolute Gasteiger partial charge is 0.411 e. The van der Waals surface area contributed by atoms with Crippen molar-refractivity contribution in [1.29, 1.82) is 0 Å². The predicted octanol–water partition coefficient (Wildman–Crippen LogP) is 1.72. The van der Waals surface area contributed by atoms with Crippen LogP contribution in [0.3, 0.4) is 0 Å². The highest BCUT2D eigenvalue weighted by Crippen LogP contribution is 2.37. The normalized spacial score (nSPS) is 16.8. The minimum absolute atomic E-state index is 0.371. The maximum atomic E-state index is 11.6. The first-order chi connectivity index (χ1) is 9.29. The van der Waals surface area contributed by atoms with Gasteiger partial charge in [0.15, 0.2) is 0 Å². The van der Waals surface area contributed by atoms with Crippen LogP contribution in [0, 0.1) is 0 Å². The lowest BCUT2D eigenvalue weighted by Crippen LogP contribution is -2.27. The van der Waals surface area contributed by atoms with E-state index in [1.54, 1.807) is 0 Å². The van der Waals surface area contributed by atoms with Crippen LogP contribution in [0.2, 0.25) is 0 Å². The van der Waals surface area contributed by atoms with Crippen LogP contribution >= 0.6 is 0 Å². The summed E-state index contributed by atoms with van der Waals surface area (Å²) in [6.07, 6.45) is 0.620. The molecule has 5 nitrogen and oxygen atoms in total. The maximum Gasteiger partial charge on any atom is 0.411 e. The van der Waals surface area contributed by atoms with E-state index in [9.17, 15) is 4.79 Å². The van der Waals surface area contributed by atoms with E-state index in [1.165, 1.54) is 16.8 Å². The fourth-order valence-electron chi connectivity index (χ4n) is 2.89. The van der Waals surface area contributed by atoms with E-state index in [1.807, 2.05) is 13.0 Å². The Morgan fingerprint density at radius 3 is 3.21 bits per heavy atom. The zero-order valence-electron chi connectivity index (χ0n) is 11.2. The quantitative estimate of drug-likeness (QED) is 0.851. The van der Waals surface area contributed by atoms with E-state index >= 15 is 0 Å². The van der Waals surface area contributed by atoms with Crippen molar-refractivity contribution in [1.82, 2.24) is 5.32 Å². The van der Waals surface area contributed by atoms with Crippen LogP contribution in [0.1, 0.15) is 18.1 Å². The third kappa shape index (κ3) is 2.26. The molecule has 0 aromatic heterocycles. The second-order valence-electron chi connectivity index (χ2n) is 4.86. The summed E-state index contributed by atoms with van der Waals surface area (Å²) < 4.78 is 4.95. The standard InChI is InChI=1S/C14H19N3O2/c1-2-19-14(18)16-12-4-3-10-9-15-6-8-17-7-5-11(12)13(10)17/h3-4,15H,2,5-9H2,1H3,(H,16,18). The Morgan fingerprint density at radius 1 is 1.47 bits per heavy atom. The Kier molecular flexibility index (Phi) is 3.29. The average molecular weight is 261 g/mol. The summed E-state index contributed by atoms with van der Waals surface area (Å²) >= 11 is 0. The molecule has 2 N–H and O–H groups in total. The molecule has 19 heavy (non-hydrogen) atoms. The molecular formula is C14H19N3O2. The van der Waals surface area contributed by atoms with Crippen molar-refractivity contribution in [3.8, 4) is 0 Å². The zero-order valence-corrected chi connectivity index (χ0v) is 11.2. The molecule has 0 spiro atoms. The number of benzene rings is 1. The monoisotopic (exact) mass is 261 g/mol. The summed E-state index contributed by atoms with van der Waals surface area (Å²) in [4.78, 5) is 14.0. The van der Waals surface area contributed by atoms with Crippen LogP contribution < -0.4 is 15.5 Å². The molecule has 5 heteroatoms. The first-order valence-electron chi connectivity index (χ1n) is 6.83. The summed E-state index contributed by atoms with van der Waals surface area (Å²) in [7, 11) is 0. The molecular weight excluding hydrogens is 242 g/mol. The second kappa shape index (κ2) is 5.09. The number of nitrogens with one attached hydrogen (secondary N) is 2. The lowest BCUT2D eigenvalue weighted by molar-refractivity contribution is 0.168. The van der Waals surface area contributed by atoms with Gasteiger partial charge >= 0.3 is 6.09 Å². The Bertz CT molecular complexity index is 502. The molecule has 0 unspecified atom stereocenters. The van der Waals surface area contributed by atoms with E-state index in [-0.39, 0.29) is 6.09 Å². The fourth-order valence-corrected chi connectivity index (χ4v) is 2.89. The number of carbonyl (C=O) groups is 1. The number of amides is 1. The van der Waals surface area contributed by atoms with Crippen molar-refractivity contribution in [2.24, 2.45) is 0 Å². The van der Waals surface area contributed by atoms with Crippen molar-refractivity contribution in [3.05, 3.63) is 23.3 Å². The highest BCUT2D eigenvalue weighted by molar-refractivity contribution is 5.88. The van der Waals surface area contributed by atoms with Gasteiger partial charge in [0, 0.05) is 43.1 Å². The molecule has 2 heterocycles. The molecule has 102 valence electrons. The Hall–Kier alpha value is -1.75. The topological polar surface area (TPSA) is 53.6 Å². The molecule has 0 bridgehead atoms. The van der Waals surface area contributed by atoms with E-state index in [4.69, 9.17) is 4.74 Å². The summed E-state index contributed by atoms with van der Waals surface area (Å²) in [5.41, 5.74) is 4.76. The Labute approximate surface area is 112 Å². The van der Waals surface area contributed by atoms with Gasteiger partial charge in [-0.2, -0.15) is 0 Å². The molecule has 1 aromatic carbocycles. The molecule has 1 aromatic rings. The summed E-state index contributed by atoms with van der Waals surface area (Å²) in [5, 5.41) is 6.27. The van der Waals surface area contributed by atoms with Crippen LogP contribution in [0.25, 0.3) is 0 Å². The summed E-state index contributed by atoms with van der Waals surface area (Å²) in [6, 6.07) is 4.08. The van der Waals surface area contributed by atoms with Gasteiger partial charge in [-0.05, 0) is 25.0 Å². The molecule has 0 saturated heterocycles. The number of hydrogen-bond acceptors (Lipinski definition) is 4. The number of carbonyl (C=O) groups excluding carboxylic acids is 1. The van der Waals surface area contributed by atoms with Crippen molar-refractivity contribution in [3.63, 3.8) is 0 Å². The SMILES string of the molecule is CCOC(=O)Nc1ccc2c3c1CCN3CCNC2. The molecule has 0 saturated carbocycles. The highest BCUT2D eigenvalue weighted by Gasteiger charge is 2.26. The molecule has 0 fully saturated rings. The minimum Gasteiger partial charge on any atom is -0.450 e. The van der Waals surface area contributed by atoms with Gasteiger partial charge in [0.1, 0.15) is 0 Å². The van der Waals surface area contributed by atoms with Crippen LogP contribution in [-0.4, -0.2) is 32.3 Å². The molecule has 2 aliphatic rings. The maximum absolute atomic E-state index is 11.6. The van der Waals surface area contributed by atoms with Crippen molar-refractivity contribution < 1.29 is 9.53 Å². The third-order valence-electron chi connectivity index (χ3n) is 3.70. The Balaban J connectivity index is 1.92. The predicted molar refractivity (Wildman–Crippen MR) is 74.7 cm³/mol. The average Bonchev–Trinajstić information content (AvgIpc) is 2.71. The molecule has 0 radical (unpaired) electrons. The van der Waals surface area contributed by atoms with Gasteiger partial charge in [-0.3, -0.25) is 5.32 Å². The first kappa shape index (κ1) is 12.3. The molecule has 0 aliphatic carbocycles. The fraction of sp³-hybridized carbons (Fsp3) is 0.500. The van der Waals surface area contributed by atoms with Gasteiger partial charge in [-0.15, -0.1) is 0 Å². The second-order valence-corrected chi connectivity index (χ2v) is 4.86. The lowest BCUT2D eigenvalue weighted by atomic mass is 10.0. The van der Waals surface area contributed by atoms with E-state index in [0.717, 1.165) is 38.3 Å². The van der Waals surface area contributed by atoms with Gasteiger partial charge in [0.2, 0.25) is 0 Å². The van der Waals surface area contributed by atoms with Crippen LogP contribution in [-0.2, 0) is 17.7 Å². The van der Waals surface area contributed by atoms with Gasteiger partial charge in [-0.1, -0.05) is 6.07 Å². The summed E-state index contributed by atoms with van der Waals surface area (Å²) in [6.45, 7) is 6.17. The lowest BCUT2D eigenvalue weighted by Gasteiger charge is -2.19. The Morgan fingerprint density at radius 2 is 2.37 bits per heavy atom. The molecule has 1 amide bonds. The number of hydrogen-bond donors (Lipinski definition) is 2. The largest absolute Gasteiger partial charge is 0.450 e. The third-order valence-corrected chi connectivity index (χ3v) is 3.70. The van der Waals surface area contributed by atoms with Crippen molar-refractivity contribution in [2.75, 3.05) is 36.5 Å². The van der Waals surface area contributed by atoms with E-state index < -0.39 is 0 Å². The van der Waals surface area contributed by atoms with Gasteiger partial charge in [0.25, 0.3) is 0 Å². The molecule has 0 atom stereocenters. The van der Waals surface area contributed by atoms with Gasteiger partial charge < -0.3 is 15.0 Å². The zero-order chi connectivity index (χ0) is 13.2. The van der Waals surface area contributed by atoms with Crippen LogP contribution in [0.4, 0.5) is 16.2 Å². The van der Waals surface area contributed by atoms with Crippen LogP contribution in [0.5, 0.6) is 0 Å². The summed E-state index contributed by atoms with van der Waals surface area (Å²) in [5.74, 6) is 0. The van der Waals surface area contributed by atoms with E-state index in [0.29, 0.717) is 6.61 Å². The number of anilines is 2. The van der Waals surface area contributed by atoms with E-state index in [2.05, 4.69) is 21.6 Å². The van der Waals surface area contributed by atoms with Gasteiger partial charge in [0.05, 0.1) is 6.61 Å². The number of rotatable bonds is 2. The number of ether oxygens (including phenoxy) is 1. The highest BCUT2D eigenvalue weighted by atomic mass is 16.5. The van der Waals surface area contributed by atoms with Crippen LogP contribution in [0.15, 0.2) is 12.1 Å². The van der Waals surface area contributed by atoms with Crippen molar-refractivity contribution in [2.45, 2.75) is 19.9 Å². The minimum atomic E-state index is -0.371. The molecule has 3 rings (SSSR count).